The Morgan fingerprint density at radius 3 is 2.87 bits per heavy atom. The van der Waals surface area contributed by atoms with Crippen molar-refractivity contribution in [3.8, 4) is 11.8 Å². The Balaban J connectivity index is 1.76. The first-order chi connectivity index (χ1) is 14.4. The summed E-state index contributed by atoms with van der Waals surface area (Å²) in [5.41, 5.74) is -0.523. The zero-order valence-corrected chi connectivity index (χ0v) is 17.3. The number of hydrogen-bond donors (Lipinski definition) is 2. The smallest absolute Gasteiger partial charge is 0.329 e. The molecule has 2 heterocycles. The molecule has 1 saturated heterocycles. The minimum Gasteiger partial charge on any atom is -0.492 e. The van der Waals surface area contributed by atoms with Crippen LogP contribution >= 0.6 is 0 Å². The molecule has 1 saturated carbocycles. The molecule has 0 radical (unpaired) electrons. The number of H-pyrrole nitrogens is 1. The maximum atomic E-state index is 15.2. The van der Waals surface area contributed by atoms with Gasteiger partial charge in [0.15, 0.2) is 11.6 Å². The normalized spacial score (nSPS) is 21.2. The van der Waals surface area contributed by atoms with Crippen LogP contribution in [0.2, 0.25) is 0 Å². The molecule has 8 nitrogen and oxygen atoms in total. The van der Waals surface area contributed by atoms with E-state index in [2.05, 4.69) is 23.3 Å². The third kappa shape index (κ3) is 3.56. The van der Waals surface area contributed by atoms with E-state index in [1.807, 2.05) is 4.90 Å². The van der Waals surface area contributed by atoms with Crippen LogP contribution in [0.5, 0.6) is 5.75 Å². The molecule has 0 amide bonds. The van der Waals surface area contributed by atoms with Crippen molar-refractivity contribution in [1.82, 2.24) is 14.9 Å². The second-order valence-corrected chi connectivity index (χ2v) is 8.56. The first kappa shape index (κ1) is 20.4. The van der Waals surface area contributed by atoms with Gasteiger partial charge < -0.3 is 15.0 Å². The lowest BCUT2D eigenvalue weighted by Crippen LogP contribution is -2.35. The van der Waals surface area contributed by atoms with Gasteiger partial charge in [0, 0.05) is 38.6 Å². The summed E-state index contributed by atoms with van der Waals surface area (Å²) in [5.74, 6) is -0.297. The van der Waals surface area contributed by atoms with Crippen LogP contribution in [0.15, 0.2) is 15.7 Å². The molecule has 1 aliphatic heterocycles. The summed E-state index contributed by atoms with van der Waals surface area (Å²) in [6, 6.07) is 3.32. The number of aromatic nitrogens is 2. The average molecular weight is 415 g/mol. The predicted octanol–water partition coefficient (Wildman–Crippen LogP) is 1.89. The number of hydrogen-bond acceptors (Lipinski definition) is 6. The van der Waals surface area contributed by atoms with E-state index >= 15 is 4.39 Å². The lowest BCUT2D eigenvalue weighted by atomic mass is 9.90. The van der Waals surface area contributed by atoms with Crippen LogP contribution in [0.1, 0.15) is 38.6 Å². The average Bonchev–Trinajstić information content (AvgIpc) is 3.47. The quantitative estimate of drug-likeness (QED) is 0.670. The number of aromatic amines is 1. The fraction of sp³-hybridized carbons (Fsp3) is 0.571. The maximum absolute atomic E-state index is 15.2. The van der Waals surface area contributed by atoms with E-state index in [1.165, 1.54) is 17.7 Å². The molecule has 1 aliphatic carbocycles. The number of rotatable bonds is 7. The summed E-state index contributed by atoms with van der Waals surface area (Å²) in [6.45, 7) is 4.70. The van der Waals surface area contributed by atoms with Crippen molar-refractivity contribution in [2.24, 2.45) is 5.41 Å². The monoisotopic (exact) mass is 415 g/mol. The topological polar surface area (TPSA) is 103 Å². The highest BCUT2D eigenvalue weighted by Gasteiger charge is 2.37. The highest BCUT2D eigenvalue weighted by Crippen LogP contribution is 2.44. The summed E-state index contributed by atoms with van der Waals surface area (Å²) < 4.78 is 22.4. The fourth-order valence-electron chi connectivity index (χ4n) is 4.41. The first-order valence-corrected chi connectivity index (χ1v) is 10.3. The van der Waals surface area contributed by atoms with Gasteiger partial charge in [0.2, 0.25) is 0 Å². The number of fused-ring (bicyclic) bond motifs is 1. The Labute approximate surface area is 173 Å². The van der Waals surface area contributed by atoms with Crippen LogP contribution < -0.4 is 26.2 Å². The summed E-state index contributed by atoms with van der Waals surface area (Å²) in [4.78, 5) is 29.1. The van der Waals surface area contributed by atoms with Gasteiger partial charge in [-0.25, -0.2) is 9.18 Å². The molecule has 1 aromatic heterocycles. The number of ether oxygens (including phenoxy) is 1. The van der Waals surface area contributed by atoms with Gasteiger partial charge in [-0.3, -0.25) is 14.3 Å². The highest BCUT2D eigenvalue weighted by molar-refractivity contribution is 5.91. The van der Waals surface area contributed by atoms with Gasteiger partial charge in [-0.1, -0.05) is 6.92 Å². The van der Waals surface area contributed by atoms with Gasteiger partial charge in [-0.05, 0) is 30.7 Å². The Morgan fingerprint density at radius 1 is 1.43 bits per heavy atom. The van der Waals surface area contributed by atoms with Crippen LogP contribution in [0.25, 0.3) is 10.9 Å². The molecule has 9 heteroatoms. The SMILES string of the molecule is COc1c(N2CCC(C)(CNCCC#N)C2)c(F)cc2c(=O)[nH]c(=O)n(C3CC3)c12. The van der Waals surface area contributed by atoms with Gasteiger partial charge >= 0.3 is 5.69 Å². The number of anilines is 1. The highest BCUT2D eigenvalue weighted by atomic mass is 19.1. The molecule has 160 valence electrons. The molecular weight excluding hydrogens is 389 g/mol. The van der Waals surface area contributed by atoms with E-state index < -0.39 is 17.1 Å². The van der Waals surface area contributed by atoms with Crippen molar-refractivity contribution in [2.75, 3.05) is 38.2 Å². The van der Waals surface area contributed by atoms with Gasteiger partial charge in [0.1, 0.15) is 11.2 Å². The number of nitriles is 1. The molecule has 2 aliphatic rings. The molecule has 2 N–H and O–H groups in total. The van der Waals surface area contributed by atoms with Crippen molar-refractivity contribution in [2.45, 2.75) is 38.6 Å². The number of nitrogens with one attached hydrogen (secondary N) is 2. The molecule has 1 aromatic carbocycles. The molecule has 1 atom stereocenters. The zero-order chi connectivity index (χ0) is 21.5. The van der Waals surface area contributed by atoms with E-state index in [-0.39, 0.29) is 22.6 Å². The van der Waals surface area contributed by atoms with Crippen LogP contribution in [0.3, 0.4) is 0 Å². The van der Waals surface area contributed by atoms with E-state index in [9.17, 15) is 9.59 Å². The minimum absolute atomic E-state index is 0.00256. The van der Waals surface area contributed by atoms with Crippen LogP contribution in [-0.2, 0) is 0 Å². The van der Waals surface area contributed by atoms with Crippen molar-refractivity contribution >= 4 is 16.6 Å². The Bertz CT molecular complexity index is 1130. The van der Waals surface area contributed by atoms with Crippen molar-refractivity contribution < 1.29 is 9.13 Å². The van der Waals surface area contributed by atoms with E-state index in [0.29, 0.717) is 37.3 Å². The summed E-state index contributed by atoms with van der Waals surface area (Å²) in [5, 5.41) is 12.1. The van der Waals surface area contributed by atoms with Gasteiger partial charge in [0.05, 0.1) is 18.6 Å². The number of benzene rings is 1. The second kappa shape index (κ2) is 7.76. The Morgan fingerprint density at radius 2 is 2.20 bits per heavy atom. The molecule has 0 spiro atoms. The maximum Gasteiger partial charge on any atom is 0.329 e. The van der Waals surface area contributed by atoms with E-state index in [0.717, 1.165) is 25.8 Å². The largest absolute Gasteiger partial charge is 0.492 e. The van der Waals surface area contributed by atoms with Gasteiger partial charge in [0.25, 0.3) is 5.56 Å². The minimum atomic E-state index is -0.608. The summed E-state index contributed by atoms with van der Waals surface area (Å²) in [6.07, 6.45) is 2.97. The standard InChI is InChI=1S/C21H26FN5O3/c1-21(11-24-8-3-7-23)6-9-26(12-21)17-15(22)10-14-16(18(17)30-2)27(13-4-5-13)20(29)25-19(14)28/h10,13,24H,3-6,8-9,11-12H2,1-2H3,(H,25,28,29). The molecule has 30 heavy (non-hydrogen) atoms. The van der Waals surface area contributed by atoms with Crippen LogP contribution in [-0.4, -0.2) is 42.8 Å². The Kier molecular flexibility index (Phi) is 5.28. The van der Waals surface area contributed by atoms with Crippen LogP contribution in [0.4, 0.5) is 10.1 Å². The van der Waals surface area contributed by atoms with E-state index in [1.54, 1.807) is 0 Å². The van der Waals surface area contributed by atoms with Crippen molar-refractivity contribution in [3.05, 3.63) is 32.7 Å². The van der Waals surface area contributed by atoms with Gasteiger partial charge in [-0.2, -0.15) is 5.26 Å². The molecule has 2 aromatic rings. The van der Waals surface area contributed by atoms with Crippen LogP contribution in [0, 0.1) is 22.6 Å². The summed E-state index contributed by atoms with van der Waals surface area (Å²) >= 11 is 0. The summed E-state index contributed by atoms with van der Waals surface area (Å²) in [7, 11) is 1.44. The number of methoxy groups -OCH3 is 1. The third-order valence-electron chi connectivity index (χ3n) is 6.06. The molecular formula is C21H26FN5O3. The Hall–Kier alpha value is -2.86. The molecule has 2 fully saturated rings. The number of halogens is 1. The lowest BCUT2D eigenvalue weighted by molar-refractivity contribution is 0.345. The lowest BCUT2D eigenvalue weighted by Gasteiger charge is -2.27. The zero-order valence-electron chi connectivity index (χ0n) is 17.3. The third-order valence-corrected chi connectivity index (χ3v) is 6.06. The van der Waals surface area contributed by atoms with Crippen molar-refractivity contribution in [1.29, 1.82) is 5.26 Å². The second-order valence-electron chi connectivity index (χ2n) is 8.56. The fourth-order valence-corrected chi connectivity index (χ4v) is 4.41. The van der Waals surface area contributed by atoms with E-state index in [4.69, 9.17) is 10.00 Å². The van der Waals surface area contributed by atoms with Crippen molar-refractivity contribution in [3.63, 3.8) is 0 Å². The van der Waals surface area contributed by atoms with Gasteiger partial charge in [-0.15, -0.1) is 0 Å². The number of nitrogens with zero attached hydrogens (tertiary/aromatic N) is 3. The predicted molar refractivity (Wildman–Crippen MR) is 112 cm³/mol. The molecule has 0 bridgehead atoms. The molecule has 1 unspecified atom stereocenters. The molecule has 4 rings (SSSR count). The first-order valence-electron chi connectivity index (χ1n) is 10.3.